The fraction of sp³-hybridized carbons (Fsp3) is 0.348. The summed E-state index contributed by atoms with van der Waals surface area (Å²) >= 11 is 6.06. The summed E-state index contributed by atoms with van der Waals surface area (Å²) in [6.45, 7) is 2.53. The maximum absolute atomic E-state index is 12.8. The third-order valence-corrected chi connectivity index (χ3v) is 7.34. The van der Waals surface area contributed by atoms with Gasteiger partial charge in [-0.15, -0.1) is 0 Å². The van der Waals surface area contributed by atoms with Gasteiger partial charge in [-0.1, -0.05) is 42.8 Å². The van der Waals surface area contributed by atoms with Gasteiger partial charge in [-0.3, -0.25) is 9.00 Å². The topological polar surface area (TPSA) is 59.3 Å². The van der Waals surface area contributed by atoms with Crippen LogP contribution >= 0.6 is 11.6 Å². The minimum atomic E-state index is -1.10. The van der Waals surface area contributed by atoms with Crippen molar-refractivity contribution in [3.63, 3.8) is 0 Å². The first-order valence-electron chi connectivity index (χ1n) is 9.98. The second-order valence-corrected chi connectivity index (χ2v) is 9.69. The van der Waals surface area contributed by atoms with E-state index in [0.29, 0.717) is 17.3 Å². The molecule has 1 aliphatic carbocycles. The van der Waals surface area contributed by atoms with Crippen LogP contribution in [0.25, 0.3) is 10.9 Å². The lowest BCUT2D eigenvalue weighted by molar-refractivity contribution is -0.137. The Morgan fingerprint density at radius 2 is 2.00 bits per heavy atom. The van der Waals surface area contributed by atoms with Crippen LogP contribution in [-0.4, -0.2) is 25.6 Å². The average molecular weight is 430 g/mol. The Balaban J connectivity index is 1.97. The van der Waals surface area contributed by atoms with Gasteiger partial charge in [0, 0.05) is 34.3 Å². The molecule has 1 heterocycles. The van der Waals surface area contributed by atoms with Crippen molar-refractivity contribution in [1.29, 1.82) is 0 Å². The number of aromatic nitrogens is 1. The highest BCUT2D eigenvalue weighted by molar-refractivity contribution is 7.85. The number of carboxylic acid groups (broad SMARTS) is 1. The van der Waals surface area contributed by atoms with Crippen LogP contribution in [0.2, 0.25) is 5.02 Å². The van der Waals surface area contributed by atoms with Gasteiger partial charge in [0.2, 0.25) is 0 Å². The number of nitrogens with zero attached hydrogens (tertiary/aromatic N) is 1. The van der Waals surface area contributed by atoms with Gasteiger partial charge in [0.1, 0.15) is 0 Å². The van der Waals surface area contributed by atoms with Crippen LogP contribution in [0.1, 0.15) is 48.9 Å². The van der Waals surface area contributed by atoms with Gasteiger partial charge in [-0.05, 0) is 48.6 Å². The van der Waals surface area contributed by atoms with E-state index in [-0.39, 0.29) is 12.3 Å². The van der Waals surface area contributed by atoms with Crippen LogP contribution in [-0.2, 0) is 28.6 Å². The van der Waals surface area contributed by atoms with Crippen molar-refractivity contribution in [2.75, 3.05) is 5.75 Å². The smallest absolute Gasteiger partial charge is 0.304 e. The molecule has 4 nitrogen and oxygen atoms in total. The first-order chi connectivity index (χ1) is 14.0. The Labute approximate surface area is 178 Å². The number of fused-ring (bicyclic) bond motifs is 3. The molecule has 0 bridgehead atoms. The second-order valence-electron chi connectivity index (χ2n) is 7.55. The van der Waals surface area contributed by atoms with E-state index in [1.165, 1.54) is 5.56 Å². The predicted octanol–water partition coefficient (Wildman–Crippen LogP) is 5.37. The largest absolute Gasteiger partial charge is 0.481 e. The SMILES string of the molecule is CCS(=O)c1cccc2c3c(n(Cc4ccc(Cl)cc4)c12)[C@@H](CC(=O)O)CCC3. The molecule has 0 fully saturated rings. The van der Waals surface area contributed by atoms with Crippen LogP contribution < -0.4 is 0 Å². The summed E-state index contributed by atoms with van der Waals surface area (Å²) in [6, 6.07) is 13.7. The first-order valence-corrected chi connectivity index (χ1v) is 11.7. The van der Waals surface area contributed by atoms with Gasteiger partial charge in [0.05, 0.1) is 27.6 Å². The van der Waals surface area contributed by atoms with Crippen LogP contribution in [0.5, 0.6) is 0 Å². The van der Waals surface area contributed by atoms with E-state index < -0.39 is 16.8 Å². The van der Waals surface area contributed by atoms with Crippen molar-refractivity contribution >= 4 is 39.3 Å². The second kappa shape index (κ2) is 8.33. The third-order valence-electron chi connectivity index (χ3n) is 5.74. The zero-order valence-electron chi connectivity index (χ0n) is 16.4. The summed E-state index contributed by atoms with van der Waals surface area (Å²) < 4.78 is 15.1. The summed E-state index contributed by atoms with van der Waals surface area (Å²) in [5.41, 5.74) is 4.40. The molecule has 152 valence electrons. The number of aliphatic carboxylic acids is 1. The van der Waals surface area contributed by atoms with Crippen LogP contribution in [0.3, 0.4) is 0 Å². The minimum Gasteiger partial charge on any atom is -0.481 e. The van der Waals surface area contributed by atoms with Crippen LogP contribution in [0, 0.1) is 0 Å². The zero-order chi connectivity index (χ0) is 20.5. The molecule has 0 radical (unpaired) electrons. The van der Waals surface area contributed by atoms with Crippen molar-refractivity contribution in [3.05, 3.63) is 64.3 Å². The molecule has 0 amide bonds. The molecule has 1 aromatic heterocycles. The maximum atomic E-state index is 12.8. The quantitative estimate of drug-likeness (QED) is 0.573. The van der Waals surface area contributed by atoms with Crippen molar-refractivity contribution < 1.29 is 14.1 Å². The molecule has 0 aliphatic heterocycles. The summed E-state index contributed by atoms with van der Waals surface area (Å²) in [7, 11) is -1.10. The van der Waals surface area contributed by atoms with E-state index in [1.54, 1.807) is 0 Å². The lowest BCUT2D eigenvalue weighted by atomic mass is 9.84. The first kappa shape index (κ1) is 20.2. The molecular weight excluding hydrogens is 406 g/mol. The fourth-order valence-corrected chi connectivity index (χ4v) is 5.65. The Hall–Kier alpha value is -2.11. The molecule has 2 aromatic carbocycles. The summed E-state index contributed by atoms with van der Waals surface area (Å²) in [6.07, 6.45) is 2.89. The summed E-state index contributed by atoms with van der Waals surface area (Å²) in [4.78, 5) is 12.4. The van der Waals surface area contributed by atoms with Gasteiger partial charge in [0.15, 0.2) is 0 Å². The molecule has 29 heavy (non-hydrogen) atoms. The predicted molar refractivity (Wildman–Crippen MR) is 117 cm³/mol. The molecule has 1 N–H and O–H groups in total. The molecular formula is C23H24ClNO3S. The van der Waals surface area contributed by atoms with Gasteiger partial charge >= 0.3 is 5.97 Å². The highest BCUT2D eigenvalue weighted by atomic mass is 35.5. The molecule has 3 aromatic rings. The maximum Gasteiger partial charge on any atom is 0.304 e. The lowest BCUT2D eigenvalue weighted by Gasteiger charge is -2.25. The summed E-state index contributed by atoms with van der Waals surface area (Å²) in [5, 5.41) is 11.3. The lowest BCUT2D eigenvalue weighted by Crippen LogP contribution is -2.18. The highest BCUT2D eigenvalue weighted by Crippen LogP contribution is 2.42. The number of rotatable bonds is 6. The molecule has 0 saturated carbocycles. The number of carboxylic acids is 1. The molecule has 1 aliphatic rings. The standard InChI is InChI=1S/C23H24ClNO3S/c1-2-29(28)20-8-4-7-19-18-6-3-5-16(13-21(26)27)22(18)25(23(19)20)14-15-9-11-17(24)12-10-15/h4,7-12,16H,2-3,5-6,13-14H2,1H3,(H,26,27)/t16-,29?/m1/s1. The summed E-state index contributed by atoms with van der Waals surface area (Å²) in [5.74, 6) is -0.253. The van der Waals surface area contributed by atoms with Crippen molar-refractivity contribution in [2.24, 2.45) is 0 Å². The molecule has 6 heteroatoms. The monoisotopic (exact) mass is 429 g/mol. The Kier molecular flexibility index (Phi) is 5.79. The minimum absolute atomic E-state index is 0.0288. The third kappa shape index (κ3) is 3.86. The Morgan fingerprint density at radius 1 is 1.24 bits per heavy atom. The van der Waals surface area contributed by atoms with Gasteiger partial charge in [-0.2, -0.15) is 0 Å². The van der Waals surface area contributed by atoms with Gasteiger partial charge < -0.3 is 9.67 Å². The van der Waals surface area contributed by atoms with Gasteiger partial charge in [0.25, 0.3) is 0 Å². The number of benzene rings is 2. The van der Waals surface area contributed by atoms with E-state index in [0.717, 1.165) is 46.3 Å². The normalized spacial score (nSPS) is 17.2. The Bertz CT molecular complexity index is 1090. The zero-order valence-corrected chi connectivity index (χ0v) is 17.9. The Morgan fingerprint density at radius 3 is 2.69 bits per heavy atom. The van der Waals surface area contributed by atoms with E-state index in [4.69, 9.17) is 11.6 Å². The van der Waals surface area contributed by atoms with Crippen molar-refractivity contribution in [1.82, 2.24) is 4.57 Å². The van der Waals surface area contributed by atoms with Crippen molar-refractivity contribution in [3.8, 4) is 0 Å². The van der Waals surface area contributed by atoms with Crippen molar-refractivity contribution in [2.45, 2.75) is 50.0 Å². The molecule has 0 saturated heterocycles. The molecule has 2 atom stereocenters. The number of carbonyl (C=O) groups is 1. The molecule has 1 unspecified atom stereocenters. The van der Waals surface area contributed by atoms with E-state index in [9.17, 15) is 14.1 Å². The van der Waals surface area contributed by atoms with E-state index >= 15 is 0 Å². The molecule has 4 rings (SSSR count). The van der Waals surface area contributed by atoms with Gasteiger partial charge in [-0.25, -0.2) is 0 Å². The van der Waals surface area contributed by atoms with E-state index in [2.05, 4.69) is 10.6 Å². The fourth-order valence-electron chi connectivity index (χ4n) is 4.54. The molecule has 0 spiro atoms. The number of hydrogen-bond acceptors (Lipinski definition) is 2. The van der Waals surface area contributed by atoms with E-state index in [1.807, 2.05) is 43.3 Å². The highest BCUT2D eigenvalue weighted by Gasteiger charge is 2.30. The van der Waals surface area contributed by atoms with Crippen LogP contribution in [0.4, 0.5) is 0 Å². The number of para-hydroxylation sites is 1. The number of halogens is 1. The number of aryl methyl sites for hydroxylation is 1. The van der Waals surface area contributed by atoms with Crippen LogP contribution in [0.15, 0.2) is 47.4 Å². The number of hydrogen-bond donors (Lipinski definition) is 1. The average Bonchev–Trinajstić information content (AvgIpc) is 3.03.